The minimum Gasteiger partial charge on any atom is -0.351 e. The minimum atomic E-state index is -0.294. The number of aryl methyl sites for hydroxylation is 1. The third-order valence-electron chi connectivity index (χ3n) is 1.64. The van der Waals surface area contributed by atoms with Gasteiger partial charge in [0.15, 0.2) is 0 Å². The molecule has 1 N–H and O–H groups in total. The number of halogens is 1. The number of carbonyl (C=O) groups is 1. The van der Waals surface area contributed by atoms with E-state index in [4.69, 9.17) is 4.52 Å². The van der Waals surface area contributed by atoms with Crippen molar-refractivity contribution >= 4 is 21.8 Å². The zero-order valence-electron chi connectivity index (χ0n) is 8.43. The van der Waals surface area contributed by atoms with Crippen molar-refractivity contribution in [3.8, 4) is 0 Å². The van der Waals surface area contributed by atoms with Crippen LogP contribution in [0.2, 0.25) is 0 Å². The monoisotopic (exact) mass is 260 g/mol. The molecular weight excluding hydrogens is 248 g/mol. The van der Waals surface area contributed by atoms with Gasteiger partial charge in [-0.2, -0.15) is 0 Å². The molecule has 14 heavy (non-hydrogen) atoms. The van der Waals surface area contributed by atoms with Gasteiger partial charge in [0, 0.05) is 16.9 Å². The van der Waals surface area contributed by atoms with E-state index < -0.39 is 0 Å². The number of aromatic nitrogens is 1. The van der Waals surface area contributed by atoms with Crippen LogP contribution in [-0.4, -0.2) is 21.9 Å². The maximum atomic E-state index is 11.6. The summed E-state index contributed by atoms with van der Waals surface area (Å²) in [6.07, 6.45) is 0. The molecule has 0 bridgehead atoms. The molecule has 1 heterocycles. The summed E-state index contributed by atoms with van der Waals surface area (Å²) in [5.41, 5.74) is 0.407. The van der Waals surface area contributed by atoms with Crippen LogP contribution < -0.4 is 5.32 Å². The number of alkyl halides is 1. The maximum absolute atomic E-state index is 11.6. The quantitative estimate of drug-likeness (QED) is 0.845. The topological polar surface area (TPSA) is 55.1 Å². The Balaban J connectivity index is 2.68. The second-order valence-electron chi connectivity index (χ2n) is 3.80. The number of hydrogen-bond donors (Lipinski definition) is 1. The Morgan fingerprint density at radius 3 is 2.79 bits per heavy atom. The molecule has 0 saturated carbocycles. The van der Waals surface area contributed by atoms with Gasteiger partial charge in [0.05, 0.1) is 5.69 Å². The fourth-order valence-electron chi connectivity index (χ4n) is 0.873. The summed E-state index contributed by atoms with van der Waals surface area (Å²) in [6.45, 7) is 5.61. The molecule has 0 aliphatic heterocycles. The zero-order chi connectivity index (χ0) is 10.8. The van der Waals surface area contributed by atoms with Gasteiger partial charge in [0.2, 0.25) is 5.76 Å². The summed E-state index contributed by atoms with van der Waals surface area (Å²) in [4.78, 5) is 11.6. The van der Waals surface area contributed by atoms with Crippen molar-refractivity contribution in [2.45, 2.75) is 26.3 Å². The van der Waals surface area contributed by atoms with E-state index in [0.717, 1.165) is 0 Å². The molecule has 78 valence electrons. The molecule has 1 rings (SSSR count). The van der Waals surface area contributed by atoms with Gasteiger partial charge in [0.1, 0.15) is 0 Å². The number of amides is 1. The van der Waals surface area contributed by atoms with Gasteiger partial charge >= 0.3 is 0 Å². The van der Waals surface area contributed by atoms with Crippen molar-refractivity contribution < 1.29 is 9.32 Å². The molecule has 1 aromatic heterocycles. The third-order valence-corrected chi connectivity index (χ3v) is 3.04. The summed E-state index contributed by atoms with van der Waals surface area (Å²) in [5.74, 6) is 0.00609. The van der Waals surface area contributed by atoms with E-state index in [9.17, 15) is 4.79 Å². The van der Waals surface area contributed by atoms with Crippen molar-refractivity contribution in [3.63, 3.8) is 0 Å². The number of nitrogens with zero attached hydrogens (tertiary/aromatic N) is 1. The first kappa shape index (κ1) is 11.2. The van der Waals surface area contributed by atoms with E-state index in [2.05, 4.69) is 26.4 Å². The number of rotatable bonds is 3. The van der Waals surface area contributed by atoms with Crippen LogP contribution in [0.1, 0.15) is 30.1 Å². The molecule has 0 spiro atoms. The fraction of sp³-hybridized carbons (Fsp3) is 0.556. The molecule has 0 fully saturated rings. The van der Waals surface area contributed by atoms with Crippen molar-refractivity contribution in [2.24, 2.45) is 0 Å². The van der Waals surface area contributed by atoms with E-state index >= 15 is 0 Å². The predicted molar refractivity (Wildman–Crippen MR) is 56.6 cm³/mol. The van der Waals surface area contributed by atoms with E-state index in [-0.39, 0.29) is 17.2 Å². The molecule has 1 aromatic rings. The first-order valence-electron chi connectivity index (χ1n) is 4.26. The molecule has 0 radical (unpaired) electrons. The van der Waals surface area contributed by atoms with Crippen LogP contribution >= 0.6 is 15.9 Å². The van der Waals surface area contributed by atoms with Gasteiger partial charge in [0.25, 0.3) is 5.91 Å². The highest BCUT2D eigenvalue weighted by atomic mass is 79.9. The highest BCUT2D eigenvalue weighted by Gasteiger charge is 2.21. The van der Waals surface area contributed by atoms with E-state index in [1.807, 2.05) is 13.8 Å². The van der Waals surface area contributed by atoms with Gasteiger partial charge in [-0.25, -0.2) is 0 Å². The van der Waals surface area contributed by atoms with Crippen LogP contribution in [0.15, 0.2) is 10.6 Å². The van der Waals surface area contributed by atoms with Gasteiger partial charge < -0.3 is 9.84 Å². The molecular formula is C9H13BrN2O2. The molecule has 0 aliphatic rings. The maximum Gasteiger partial charge on any atom is 0.290 e. The molecule has 0 atom stereocenters. The lowest BCUT2D eigenvalue weighted by Gasteiger charge is -2.22. The Morgan fingerprint density at radius 1 is 1.71 bits per heavy atom. The normalized spacial score (nSPS) is 11.4. The summed E-state index contributed by atoms with van der Waals surface area (Å²) < 4.78 is 4.84. The average molecular weight is 261 g/mol. The number of hydrogen-bond acceptors (Lipinski definition) is 3. The van der Waals surface area contributed by atoms with Gasteiger partial charge in [-0.05, 0) is 20.8 Å². The molecule has 0 saturated heterocycles. The predicted octanol–water partition coefficient (Wildman–Crippen LogP) is 1.89. The fourth-order valence-corrected chi connectivity index (χ4v) is 1.01. The molecule has 0 unspecified atom stereocenters. The average Bonchev–Trinajstić information content (AvgIpc) is 2.51. The van der Waals surface area contributed by atoms with Crippen molar-refractivity contribution in [3.05, 3.63) is 17.5 Å². The Labute approximate surface area is 91.2 Å². The number of carbonyl (C=O) groups excluding carboxylic acids is 1. The lowest BCUT2D eigenvalue weighted by Crippen LogP contribution is -2.44. The van der Waals surface area contributed by atoms with Crippen LogP contribution in [-0.2, 0) is 0 Å². The molecule has 0 aromatic carbocycles. The van der Waals surface area contributed by atoms with Crippen molar-refractivity contribution in [1.29, 1.82) is 0 Å². The van der Waals surface area contributed by atoms with Crippen molar-refractivity contribution in [2.75, 3.05) is 5.33 Å². The highest BCUT2D eigenvalue weighted by molar-refractivity contribution is 9.09. The largest absolute Gasteiger partial charge is 0.351 e. The Hall–Kier alpha value is -0.840. The lowest BCUT2D eigenvalue weighted by molar-refractivity contribution is 0.0883. The smallest absolute Gasteiger partial charge is 0.290 e. The van der Waals surface area contributed by atoms with Gasteiger partial charge in [-0.1, -0.05) is 21.1 Å². The highest BCUT2D eigenvalue weighted by Crippen LogP contribution is 2.09. The standard InChI is InChI=1S/C9H13BrN2O2/c1-6-4-7(14-12-6)8(13)11-9(2,3)5-10/h4H,5H2,1-3H3,(H,11,13). The molecule has 4 nitrogen and oxygen atoms in total. The molecule has 5 heteroatoms. The summed E-state index contributed by atoms with van der Waals surface area (Å²) in [7, 11) is 0. The first-order chi connectivity index (χ1) is 6.44. The number of nitrogens with one attached hydrogen (secondary N) is 1. The second kappa shape index (κ2) is 4.13. The van der Waals surface area contributed by atoms with Gasteiger partial charge in [-0.3, -0.25) is 4.79 Å². The van der Waals surface area contributed by atoms with E-state index in [1.54, 1.807) is 13.0 Å². The summed E-state index contributed by atoms with van der Waals surface area (Å²) in [5, 5.41) is 7.14. The third kappa shape index (κ3) is 2.83. The van der Waals surface area contributed by atoms with Crippen molar-refractivity contribution in [1.82, 2.24) is 10.5 Å². The minimum absolute atomic E-state index is 0.241. The molecule has 1 amide bonds. The SMILES string of the molecule is Cc1cc(C(=O)NC(C)(C)CBr)on1. The van der Waals surface area contributed by atoms with Crippen LogP contribution in [0.3, 0.4) is 0 Å². The Kier molecular flexibility index (Phi) is 3.31. The first-order valence-corrected chi connectivity index (χ1v) is 5.38. The zero-order valence-corrected chi connectivity index (χ0v) is 10.0. The Bertz CT molecular complexity index is 333. The second-order valence-corrected chi connectivity index (χ2v) is 4.36. The summed E-state index contributed by atoms with van der Waals surface area (Å²) in [6, 6.07) is 1.61. The van der Waals surface area contributed by atoms with Crippen LogP contribution in [0.5, 0.6) is 0 Å². The van der Waals surface area contributed by atoms with E-state index in [0.29, 0.717) is 11.0 Å². The van der Waals surface area contributed by atoms with Crippen LogP contribution in [0.4, 0.5) is 0 Å². The molecule has 0 aliphatic carbocycles. The Morgan fingerprint density at radius 2 is 2.36 bits per heavy atom. The van der Waals surface area contributed by atoms with Crippen LogP contribution in [0, 0.1) is 6.92 Å². The summed E-state index contributed by atoms with van der Waals surface area (Å²) >= 11 is 3.32. The van der Waals surface area contributed by atoms with Crippen LogP contribution in [0.25, 0.3) is 0 Å². The lowest BCUT2D eigenvalue weighted by atomic mass is 10.1. The van der Waals surface area contributed by atoms with E-state index in [1.165, 1.54) is 0 Å². The van der Waals surface area contributed by atoms with Gasteiger partial charge in [-0.15, -0.1) is 0 Å².